The molecule has 162 valence electrons. The van der Waals surface area contributed by atoms with Gasteiger partial charge in [-0.05, 0) is 18.6 Å². The highest BCUT2D eigenvalue weighted by Crippen LogP contribution is 2.34. The van der Waals surface area contributed by atoms with E-state index in [0.717, 1.165) is 47.8 Å². The van der Waals surface area contributed by atoms with Crippen molar-refractivity contribution in [2.75, 3.05) is 36.0 Å². The molecular weight excluding hydrogens is 413 g/mol. The minimum atomic E-state index is -0.504. The smallest absolute Gasteiger partial charge is 0.257 e. The minimum Gasteiger partial charge on any atom is -0.339 e. The van der Waals surface area contributed by atoms with Gasteiger partial charge in [0.25, 0.3) is 5.91 Å². The number of nitrogens with zero attached hydrogens (tertiary/aromatic N) is 3. The number of benzene rings is 2. The zero-order valence-corrected chi connectivity index (χ0v) is 18.4. The Morgan fingerprint density at radius 2 is 1.84 bits per heavy atom. The Hall–Kier alpha value is -2.80. The molecular formula is C24H26FN3O2S. The molecule has 31 heavy (non-hydrogen) atoms. The van der Waals surface area contributed by atoms with E-state index in [1.165, 1.54) is 12.1 Å². The molecule has 1 saturated heterocycles. The molecule has 4 rings (SSSR count). The van der Waals surface area contributed by atoms with Crippen LogP contribution in [0.2, 0.25) is 0 Å². The summed E-state index contributed by atoms with van der Waals surface area (Å²) in [6.45, 7) is 4.58. The first kappa shape index (κ1) is 21.4. The van der Waals surface area contributed by atoms with Crippen LogP contribution >= 0.6 is 11.8 Å². The van der Waals surface area contributed by atoms with Crippen molar-refractivity contribution in [3.63, 3.8) is 0 Å². The largest absolute Gasteiger partial charge is 0.339 e. The van der Waals surface area contributed by atoms with Crippen molar-refractivity contribution >= 4 is 23.6 Å². The van der Waals surface area contributed by atoms with E-state index >= 15 is 0 Å². The number of carbonyl (C=O) groups excluding carboxylic acids is 1. The molecule has 1 aliphatic heterocycles. The minimum absolute atomic E-state index is 0.0876. The molecule has 2 aromatic carbocycles. The lowest BCUT2D eigenvalue weighted by Crippen LogP contribution is -2.35. The van der Waals surface area contributed by atoms with Gasteiger partial charge in [0, 0.05) is 36.7 Å². The van der Waals surface area contributed by atoms with E-state index < -0.39 is 5.82 Å². The summed E-state index contributed by atoms with van der Waals surface area (Å²) in [5.41, 5.74) is 2.63. The summed E-state index contributed by atoms with van der Waals surface area (Å²) < 4.78 is 20.2. The van der Waals surface area contributed by atoms with Gasteiger partial charge < -0.3 is 14.3 Å². The fourth-order valence-corrected chi connectivity index (χ4v) is 4.70. The van der Waals surface area contributed by atoms with Crippen LogP contribution < -0.4 is 4.90 Å². The van der Waals surface area contributed by atoms with Gasteiger partial charge in [-0.15, -0.1) is 0 Å². The Labute approximate surface area is 186 Å². The molecule has 0 spiro atoms. The first-order valence-electron chi connectivity index (χ1n) is 10.6. The van der Waals surface area contributed by atoms with Crippen molar-refractivity contribution in [1.82, 2.24) is 10.1 Å². The lowest BCUT2D eigenvalue weighted by Gasteiger charge is -2.28. The summed E-state index contributed by atoms with van der Waals surface area (Å²) in [4.78, 5) is 17.1. The topological polar surface area (TPSA) is 49.6 Å². The second kappa shape index (κ2) is 10.0. The Morgan fingerprint density at radius 3 is 2.55 bits per heavy atom. The fraction of sp³-hybridized carbons (Fsp3) is 0.333. The molecule has 1 aromatic heterocycles. The Balaban J connectivity index is 1.72. The van der Waals surface area contributed by atoms with Gasteiger partial charge in [0.05, 0.1) is 17.7 Å². The number of thioether (sulfide) groups is 1. The maximum absolute atomic E-state index is 14.3. The normalized spacial score (nSPS) is 13.9. The van der Waals surface area contributed by atoms with Crippen molar-refractivity contribution in [2.24, 2.45) is 0 Å². The standard InChI is InChI=1S/C24H26FN3O2S/c1-2-12-28(23(29)19-10-6-7-11-21(19)25)17-20-22(18-8-4-3-5-9-18)26-30-24(20)27-13-15-31-16-14-27/h3-11H,2,12-17H2,1H3. The van der Waals surface area contributed by atoms with Crippen LogP contribution in [-0.2, 0) is 6.54 Å². The average molecular weight is 440 g/mol. The molecule has 0 bridgehead atoms. The van der Waals surface area contributed by atoms with Crippen molar-refractivity contribution < 1.29 is 13.7 Å². The van der Waals surface area contributed by atoms with Gasteiger partial charge in [-0.25, -0.2) is 4.39 Å². The molecule has 3 aromatic rings. The maximum Gasteiger partial charge on any atom is 0.257 e. The van der Waals surface area contributed by atoms with Gasteiger partial charge in [0.1, 0.15) is 11.5 Å². The van der Waals surface area contributed by atoms with Crippen molar-refractivity contribution in [2.45, 2.75) is 19.9 Å². The van der Waals surface area contributed by atoms with Crippen LogP contribution in [0.1, 0.15) is 29.3 Å². The second-order valence-electron chi connectivity index (χ2n) is 7.49. The fourth-order valence-electron chi connectivity index (χ4n) is 3.80. The van der Waals surface area contributed by atoms with Crippen LogP contribution in [-0.4, -0.2) is 47.1 Å². The van der Waals surface area contributed by atoms with Crippen LogP contribution in [0.25, 0.3) is 11.3 Å². The van der Waals surface area contributed by atoms with Crippen LogP contribution in [0.4, 0.5) is 10.3 Å². The van der Waals surface area contributed by atoms with Gasteiger partial charge in [-0.1, -0.05) is 54.5 Å². The van der Waals surface area contributed by atoms with E-state index in [0.29, 0.717) is 19.0 Å². The first-order valence-corrected chi connectivity index (χ1v) is 11.7. The summed E-state index contributed by atoms with van der Waals surface area (Å²) in [7, 11) is 0. The monoisotopic (exact) mass is 439 g/mol. The molecule has 7 heteroatoms. The highest BCUT2D eigenvalue weighted by Gasteiger charge is 2.28. The van der Waals surface area contributed by atoms with Crippen LogP contribution in [0.5, 0.6) is 0 Å². The molecule has 0 unspecified atom stereocenters. The van der Waals surface area contributed by atoms with E-state index in [9.17, 15) is 9.18 Å². The SMILES string of the molecule is CCCN(Cc1c(-c2ccccc2)noc1N1CCSCC1)C(=O)c1ccccc1F. The lowest BCUT2D eigenvalue weighted by atomic mass is 10.1. The number of aromatic nitrogens is 1. The Kier molecular flexibility index (Phi) is 6.92. The number of halogens is 1. The zero-order chi connectivity index (χ0) is 21.6. The van der Waals surface area contributed by atoms with E-state index in [1.54, 1.807) is 17.0 Å². The molecule has 0 saturated carbocycles. The van der Waals surface area contributed by atoms with Crippen LogP contribution in [0, 0.1) is 5.82 Å². The zero-order valence-electron chi connectivity index (χ0n) is 17.6. The van der Waals surface area contributed by atoms with Gasteiger partial charge >= 0.3 is 0 Å². The predicted molar refractivity (Wildman–Crippen MR) is 123 cm³/mol. The van der Waals surface area contributed by atoms with Gasteiger partial charge in [0.2, 0.25) is 5.88 Å². The Bertz CT molecular complexity index is 1020. The van der Waals surface area contributed by atoms with Gasteiger partial charge in [0.15, 0.2) is 0 Å². The summed E-state index contributed by atoms with van der Waals surface area (Å²) in [5.74, 6) is 1.93. The molecule has 5 nitrogen and oxygen atoms in total. The average Bonchev–Trinajstić information content (AvgIpc) is 3.23. The number of amides is 1. The van der Waals surface area contributed by atoms with Crippen LogP contribution in [0.3, 0.4) is 0 Å². The predicted octanol–water partition coefficient (Wildman–Crippen LogP) is 5.09. The van der Waals surface area contributed by atoms with Crippen molar-refractivity contribution in [3.05, 3.63) is 71.5 Å². The lowest BCUT2D eigenvalue weighted by molar-refractivity contribution is 0.0738. The summed E-state index contributed by atoms with van der Waals surface area (Å²) in [6.07, 6.45) is 0.766. The number of carbonyl (C=O) groups is 1. The summed E-state index contributed by atoms with van der Waals surface area (Å²) in [6, 6.07) is 16.0. The van der Waals surface area contributed by atoms with Crippen molar-refractivity contribution in [3.8, 4) is 11.3 Å². The third-order valence-electron chi connectivity index (χ3n) is 5.35. The highest BCUT2D eigenvalue weighted by atomic mass is 32.2. The van der Waals surface area contributed by atoms with Crippen molar-refractivity contribution in [1.29, 1.82) is 0 Å². The maximum atomic E-state index is 14.3. The third kappa shape index (κ3) is 4.77. The molecule has 0 aliphatic carbocycles. The molecule has 2 heterocycles. The first-order chi connectivity index (χ1) is 15.2. The number of hydrogen-bond acceptors (Lipinski definition) is 5. The molecule has 0 N–H and O–H groups in total. The summed E-state index contributed by atoms with van der Waals surface area (Å²) in [5, 5.41) is 4.39. The van der Waals surface area contributed by atoms with Gasteiger partial charge in [-0.2, -0.15) is 11.8 Å². The third-order valence-corrected chi connectivity index (χ3v) is 6.29. The number of anilines is 1. The highest BCUT2D eigenvalue weighted by molar-refractivity contribution is 7.99. The van der Waals surface area contributed by atoms with E-state index in [-0.39, 0.29) is 11.5 Å². The summed E-state index contributed by atoms with van der Waals surface area (Å²) >= 11 is 1.92. The molecule has 1 amide bonds. The molecule has 0 atom stereocenters. The van der Waals surface area contributed by atoms with Crippen LogP contribution in [0.15, 0.2) is 59.1 Å². The van der Waals surface area contributed by atoms with E-state index in [4.69, 9.17) is 4.52 Å². The van der Waals surface area contributed by atoms with E-state index in [2.05, 4.69) is 10.1 Å². The molecule has 0 radical (unpaired) electrons. The molecule has 1 aliphatic rings. The second-order valence-corrected chi connectivity index (χ2v) is 8.71. The quantitative estimate of drug-likeness (QED) is 0.513. The number of hydrogen-bond donors (Lipinski definition) is 0. The molecule has 1 fully saturated rings. The number of rotatable bonds is 7. The van der Waals surface area contributed by atoms with E-state index in [1.807, 2.05) is 49.0 Å². The Morgan fingerprint density at radius 1 is 1.13 bits per heavy atom. The van der Waals surface area contributed by atoms with Gasteiger partial charge in [-0.3, -0.25) is 4.79 Å².